The molecule has 0 bridgehead atoms. The van der Waals surface area contributed by atoms with Crippen molar-refractivity contribution in [3.8, 4) is 0 Å². The summed E-state index contributed by atoms with van der Waals surface area (Å²) in [4.78, 5) is 58.3. The fraction of sp³-hybridized carbons (Fsp3) is 0.455. The topological polar surface area (TPSA) is 142 Å². The summed E-state index contributed by atoms with van der Waals surface area (Å²) in [6, 6.07) is 15.3. The molecule has 0 spiro atoms. The number of fused-ring (bicyclic) bond motifs is 2. The van der Waals surface area contributed by atoms with Crippen LogP contribution in [0.2, 0.25) is 0 Å². The van der Waals surface area contributed by atoms with E-state index in [1.807, 2.05) is 52.9 Å². The van der Waals surface area contributed by atoms with Crippen molar-refractivity contribution in [2.45, 2.75) is 68.9 Å². The maximum Gasteiger partial charge on any atom is 0.416 e. The lowest BCUT2D eigenvalue weighted by atomic mass is 9.75. The quantitative estimate of drug-likeness (QED) is 0.229. The van der Waals surface area contributed by atoms with Gasteiger partial charge < -0.3 is 33.6 Å². The number of anilines is 3. The zero-order valence-corrected chi connectivity index (χ0v) is 33.6. The van der Waals surface area contributed by atoms with Gasteiger partial charge in [0.05, 0.1) is 38.0 Å². The van der Waals surface area contributed by atoms with E-state index >= 15 is 0 Å². The van der Waals surface area contributed by atoms with E-state index in [1.54, 1.807) is 23.4 Å². The number of hydrogen-bond donors (Lipinski definition) is 1. The van der Waals surface area contributed by atoms with Crippen molar-refractivity contribution in [3.63, 3.8) is 0 Å². The first-order chi connectivity index (χ1) is 29.3. The molecule has 1 N–H and O–H groups in total. The molecule has 318 valence electrons. The van der Waals surface area contributed by atoms with E-state index < -0.39 is 29.6 Å². The van der Waals surface area contributed by atoms with E-state index in [9.17, 15) is 32.3 Å². The molecule has 61 heavy (non-hydrogen) atoms. The van der Waals surface area contributed by atoms with Gasteiger partial charge in [0.25, 0.3) is 11.8 Å². The first-order valence-corrected chi connectivity index (χ1v) is 20.8. The van der Waals surface area contributed by atoms with E-state index in [2.05, 4.69) is 20.4 Å². The Morgan fingerprint density at radius 2 is 1.69 bits per heavy atom. The fourth-order valence-electron chi connectivity index (χ4n) is 9.67. The number of ether oxygens (including phenoxy) is 2. The Bertz CT molecular complexity index is 2440. The summed E-state index contributed by atoms with van der Waals surface area (Å²) in [6.07, 6.45) is -0.260. The molecule has 1 atom stereocenters. The molecule has 4 amide bonds. The Morgan fingerprint density at radius 3 is 2.39 bits per heavy atom. The van der Waals surface area contributed by atoms with Crippen LogP contribution in [0, 0.1) is 5.92 Å². The minimum atomic E-state index is -4.65. The standard InChI is InChI=1S/C44H45F3N8O6/c1-51-25-48-50-38(51)17-43(23-60-24-43)28-3-2-4-30(14-28)54-21-35-34(42(54)59)15-31(16-36(35)44(45,46)47)53-19-32(20-53)61-22-26-9-11-52(12-10-26)29-5-6-33-27(13-29)18-55(41(33)58)37-7-8-39(56)49-40(37)57/h2-6,13-16,25-26,32,37H,7-12,17-24H2,1H3,(H,49,56,57). The number of aryl methyl sites for hydroxylation is 1. The molecule has 1 unspecified atom stereocenters. The number of alkyl halides is 3. The van der Waals surface area contributed by atoms with Gasteiger partial charge in [0.15, 0.2) is 0 Å². The van der Waals surface area contributed by atoms with Crippen LogP contribution in [0.1, 0.15) is 74.5 Å². The van der Waals surface area contributed by atoms with Crippen molar-refractivity contribution in [3.05, 3.63) is 100 Å². The largest absolute Gasteiger partial charge is 0.416 e. The lowest BCUT2D eigenvalue weighted by Gasteiger charge is -2.42. The van der Waals surface area contributed by atoms with Gasteiger partial charge in [-0.2, -0.15) is 13.2 Å². The van der Waals surface area contributed by atoms with E-state index in [0.29, 0.717) is 75.2 Å². The summed E-state index contributed by atoms with van der Waals surface area (Å²) in [5.41, 5.74) is 3.14. The van der Waals surface area contributed by atoms with Gasteiger partial charge in [0.2, 0.25) is 11.8 Å². The molecule has 10 rings (SSSR count). The highest BCUT2D eigenvalue weighted by Crippen LogP contribution is 2.44. The first-order valence-electron chi connectivity index (χ1n) is 20.8. The second kappa shape index (κ2) is 15.0. The first kappa shape index (κ1) is 39.3. The molecule has 4 saturated heterocycles. The molecular formula is C44H45F3N8O6. The summed E-state index contributed by atoms with van der Waals surface area (Å²) in [5.74, 6) is -0.292. The molecule has 1 aromatic heterocycles. The van der Waals surface area contributed by atoms with E-state index in [-0.39, 0.29) is 47.4 Å². The third-order valence-corrected chi connectivity index (χ3v) is 13.4. The van der Waals surface area contributed by atoms with Crippen molar-refractivity contribution in [2.75, 3.05) is 60.7 Å². The third kappa shape index (κ3) is 7.10. The summed E-state index contributed by atoms with van der Waals surface area (Å²) in [5, 5.41) is 10.6. The lowest BCUT2D eigenvalue weighted by Crippen LogP contribution is -2.53. The highest BCUT2D eigenvalue weighted by molar-refractivity contribution is 6.11. The van der Waals surface area contributed by atoms with Crippen molar-refractivity contribution >= 4 is 40.7 Å². The number of aromatic nitrogens is 3. The SMILES string of the molecule is Cn1cnnc1CC1(c2cccc(N3Cc4c(cc(N5CC(OCC6CCN(c7ccc8c(c7)CN(C7CCC(=O)NC7=O)C8=O)CC6)C5)cc4C(F)(F)F)C3=O)c2)COC1. The van der Waals surface area contributed by atoms with Crippen LogP contribution < -0.4 is 20.0 Å². The molecule has 6 aliphatic heterocycles. The van der Waals surface area contributed by atoms with Crippen LogP contribution in [0.5, 0.6) is 0 Å². The smallest absolute Gasteiger partial charge is 0.379 e. The molecule has 0 radical (unpaired) electrons. The number of nitrogens with one attached hydrogen (secondary N) is 1. The highest BCUT2D eigenvalue weighted by Gasteiger charge is 2.45. The zero-order chi connectivity index (χ0) is 42.2. The number of carbonyl (C=O) groups is 4. The van der Waals surface area contributed by atoms with Crippen LogP contribution in [0.15, 0.2) is 60.9 Å². The number of carbonyl (C=O) groups excluding carboxylic acids is 4. The molecule has 7 heterocycles. The number of benzene rings is 3. The summed E-state index contributed by atoms with van der Waals surface area (Å²) in [7, 11) is 1.87. The molecule has 4 aromatic rings. The zero-order valence-electron chi connectivity index (χ0n) is 33.6. The monoisotopic (exact) mass is 838 g/mol. The number of piperidine rings is 2. The second-order valence-corrected chi connectivity index (χ2v) is 17.3. The van der Waals surface area contributed by atoms with Gasteiger partial charge in [-0.1, -0.05) is 12.1 Å². The summed E-state index contributed by atoms with van der Waals surface area (Å²) >= 11 is 0. The molecule has 3 aromatic carbocycles. The average Bonchev–Trinajstić information content (AvgIpc) is 3.88. The third-order valence-electron chi connectivity index (χ3n) is 13.4. The van der Waals surface area contributed by atoms with Gasteiger partial charge >= 0.3 is 6.18 Å². The Kier molecular flexibility index (Phi) is 9.65. The maximum absolute atomic E-state index is 14.6. The van der Waals surface area contributed by atoms with Crippen molar-refractivity contribution in [1.29, 1.82) is 0 Å². The predicted octanol–water partition coefficient (Wildman–Crippen LogP) is 4.39. The average molecular weight is 839 g/mol. The molecule has 17 heteroatoms. The van der Waals surface area contributed by atoms with E-state index in [1.165, 1.54) is 11.0 Å². The molecular weight excluding hydrogens is 794 g/mol. The van der Waals surface area contributed by atoms with Crippen LogP contribution in [0.25, 0.3) is 0 Å². The number of hydrogen-bond acceptors (Lipinski definition) is 10. The lowest BCUT2D eigenvalue weighted by molar-refractivity contribution is -0.138. The molecule has 6 aliphatic rings. The maximum atomic E-state index is 14.6. The second-order valence-electron chi connectivity index (χ2n) is 17.3. The molecule has 14 nitrogen and oxygen atoms in total. The van der Waals surface area contributed by atoms with Crippen molar-refractivity contribution in [2.24, 2.45) is 13.0 Å². The van der Waals surface area contributed by atoms with Crippen LogP contribution in [-0.4, -0.2) is 101 Å². The minimum Gasteiger partial charge on any atom is -0.379 e. The molecule has 0 saturated carbocycles. The normalized spacial score (nSPS) is 21.7. The van der Waals surface area contributed by atoms with Crippen molar-refractivity contribution in [1.82, 2.24) is 25.0 Å². The number of halogens is 3. The highest BCUT2D eigenvalue weighted by atomic mass is 19.4. The Morgan fingerprint density at radius 1 is 0.885 bits per heavy atom. The minimum absolute atomic E-state index is 0.0188. The fourth-order valence-corrected chi connectivity index (χ4v) is 9.67. The van der Waals surface area contributed by atoms with Crippen LogP contribution >= 0.6 is 0 Å². The van der Waals surface area contributed by atoms with Gasteiger partial charge in [-0.05, 0) is 84.3 Å². The Labute approximate surface area is 349 Å². The summed E-state index contributed by atoms with van der Waals surface area (Å²) < 4.78 is 57.7. The number of amides is 4. The van der Waals surface area contributed by atoms with Gasteiger partial charge in [-0.3, -0.25) is 24.5 Å². The molecule has 0 aliphatic carbocycles. The van der Waals surface area contributed by atoms with Crippen LogP contribution in [-0.2, 0) is 57.2 Å². The van der Waals surface area contributed by atoms with Gasteiger partial charge in [0, 0.05) is 86.2 Å². The van der Waals surface area contributed by atoms with Gasteiger partial charge in [-0.15, -0.1) is 10.2 Å². The summed E-state index contributed by atoms with van der Waals surface area (Å²) in [6.45, 7) is 4.05. The Hall–Kier alpha value is -5.81. The number of imide groups is 1. The predicted molar refractivity (Wildman–Crippen MR) is 215 cm³/mol. The molecule has 4 fully saturated rings. The van der Waals surface area contributed by atoms with Gasteiger partial charge in [0.1, 0.15) is 18.2 Å². The Balaban J connectivity index is 0.746. The van der Waals surface area contributed by atoms with Gasteiger partial charge in [-0.25, -0.2) is 0 Å². The number of nitrogens with zero attached hydrogens (tertiary/aromatic N) is 7. The van der Waals surface area contributed by atoms with E-state index in [4.69, 9.17) is 9.47 Å². The number of rotatable bonds is 10. The van der Waals surface area contributed by atoms with Crippen LogP contribution in [0.4, 0.5) is 30.2 Å². The van der Waals surface area contributed by atoms with Crippen LogP contribution in [0.3, 0.4) is 0 Å². The van der Waals surface area contributed by atoms with Crippen molar-refractivity contribution < 1.29 is 41.8 Å². The van der Waals surface area contributed by atoms with E-state index in [0.717, 1.165) is 48.6 Å².